The first-order valence-electron chi connectivity index (χ1n) is 5.09. The van der Waals surface area contributed by atoms with Crippen molar-refractivity contribution in [2.75, 3.05) is 20.3 Å². The van der Waals surface area contributed by atoms with Gasteiger partial charge in [-0.25, -0.2) is 17.5 Å². The van der Waals surface area contributed by atoms with Crippen LogP contribution in [0.5, 0.6) is 0 Å². The molecular formula is C10H12Cl2FNO4S. The molecule has 0 saturated carbocycles. The fourth-order valence-electron chi connectivity index (χ4n) is 1.25. The molecule has 0 amide bonds. The predicted molar refractivity (Wildman–Crippen MR) is 69.5 cm³/mol. The average Bonchev–Trinajstić information content (AvgIpc) is 2.34. The van der Waals surface area contributed by atoms with E-state index in [9.17, 15) is 17.9 Å². The Morgan fingerprint density at radius 2 is 2.11 bits per heavy atom. The maximum atomic E-state index is 13.4. The summed E-state index contributed by atoms with van der Waals surface area (Å²) in [6.45, 7) is -0.317. The van der Waals surface area contributed by atoms with Gasteiger partial charge in [0.05, 0.1) is 22.8 Å². The summed E-state index contributed by atoms with van der Waals surface area (Å²) in [5.74, 6) is -1.01. The molecule has 0 bridgehead atoms. The zero-order chi connectivity index (χ0) is 14.6. The van der Waals surface area contributed by atoms with Crippen molar-refractivity contribution < 1.29 is 22.7 Å². The molecule has 0 aliphatic rings. The van der Waals surface area contributed by atoms with Crippen molar-refractivity contribution in [2.24, 2.45) is 0 Å². The number of hydrogen-bond donors (Lipinski definition) is 2. The van der Waals surface area contributed by atoms with Crippen LogP contribution >= 0.6 is 23.2 Å². The minimum Gasteiger partial charge on any atom is -0.389 e. The van der Waals surface area contributed by atoms with Crippen LogP contribution < -0.4 is 4.72 Å². The monoisotopic (exact) mass is 331 g/mol. The number of methoxy groups -OCH3 is 1. The molecule has 0 aliphatic heterocycles. The van der Waals surface area contributed by atoms with Crippen LogP contribution in [0.25, 0.3) is 0 Å². The number of aliphatic hydroxyl groups excluding tert-OH is 1. The Labute approximate surface area is 120 Å². The maximum absolute atomic E-state index is 13.4. The molecule has 0 radical (unpaired) electrons. The zero-order valence-corrected chi connectivity index (χ0v) is 12.2. The van der Waals surface area contributed by atoms with Crippen LogP contribution in [0.4, 0.5) is 4.39 Å². The smallest absolute Gasteiger partial charge is 0.242 e. The second-order valence-corrected chi connectivity index (χ2v) is 6.16. The van der Waals surface area contributed by atoms with E-state index >= 15 is 0 Å². The van der Waals surface area contributed by atoms with E-state index in [0.717, 1.165) is 12.1 Å². The molecule has 1 unspecified atom stereocenters. The van der Waals surface area contributed by atoms with E-state index in [1.807, 2.05) is 0 Å². The fourth-order valence-corrected chi connectivity index (χ4v) is 3.07. The third-order valence-electron chi connectivity index (χ3n) is 2.16. The summed E-state index contributed by atoms with van der Waals surface area (Å²) < 4.78 is 43.9. The Balaban J connectivity index is 2.92. The van der Waals surface area contributed by atoms with Crippen LogP contribution in [0.2, 0.25) is 10.0 Å². The van der Waals surface area contributed by atoms with Crippen molar-refractivity contribution in [3.05, 3.63) is 28.0 Å². The van der Waals surface area contributed by atoms with Gasteiger partial charge in [-0.2, -0.15) is 0 Å². The number of hydrogen-bond acceptors (Lipinski definition) is 4. The first kappa shape index (κ1) is 16.6. The Kier molecular flexibility index (Phi) is 5.97. The zero-order valence-electron chi connectivity index (χ0n) is 9.86. The Hall–Kier alpha value is -0.440. The van der Waals surface area contributed by atoms with E-state index in [-0.39, 0.29) is 18.2 Å². The molecule has 2 N–H and O–H groups in total. The van der Waals surface area contributed by atoms with Crippen molar-refractivity contribution in [2.45, 2.75) is 11.0 Å². The van der Waals surface area contributed by atoms with Gasteiger partial charge in [-0.15, -0.1) is 0 Å². The van der Waals surface area contributed by atoms with E-state index in [1.165, 1.54) is 7.11 Å². The highest BCUT2D eigenvalue weighted by atomic mass is 35.5. The van der Waals surface area contributed by atoms with Gasteiger partial charge >= 0.3 is 0 Å². The number of benzene rings is 1. The second kappa shape index (κ2) is 6.83. The van der Waals surface area contributed by atoms with Crippen LogP contribution in [0, 0.1) is 5.82 Å². The van der Waals surface area contributed by atoms with Crippen molar-refractivity contribution in [3.8, 4) is 0 Å². The van der Waals surface area contributed by atoms with Gasteiger partial charge in [-0.05, 0) is 12.1 Å². The Morgan fingerprint density at radius 1 is 1.47 bits per heavy atom. The molecule has 0 spiro atoms. The maximum Gasteiger partial charge on any atom is 0.242 e. The summed E-state index contributed by atoms with van der Waals surface area (Å²) in [5.41, 5.74) is 0. The largest absolute Gasteiger partial charge is 0.389 e. The van der Waals surface area contributed by atoms with Crippen LogP contribution in [0.3, 0.4) is 0 Å². The highest BCUT2D eigenvalue weighted by Gasteiger charge is 2.22. The average molecular weight is 332 g/mol. The van der Waals surface area contributed by atoms with Gasteiger partial charge in [0.15, 0.2) is 5.82 Å². The number of nitrogens with one attached hydrogen (secondary N) is 1. The van der Waals surface area contributed by atoms with Crippen LogP contribution in [0.15, 0.2) is 17.0 Å². The molecule has 1 atom stereocenters. The molecule has 0 fully saturated rings. The van der Waals surface area contributed by atoms with Crippen LogP contribution in [-0.2, 0) is 14.8 Å². The van der Waals surface area contributed by atoms with Crippen molar-refractivity contribution >= 4 is 33.2 Å². The number of sulfonamides is 1. The third kappa shape index (κ3) is 4.27. The number of rotatable bonds is 6. The molecule has 0 aliphatic carbocycles. The lowest BCUT2D eigenvalue weighted by molar-refractivity contribution is 0.0679. The molecule has 5 nitrogen and oxygen atoms in total. The summed E-state index contributed by atoms with van der Waals surface area (Å²) in [7, 11) is -2.68. The van der Waals surface area contributed by atoms with E-state index in [4.69, 9.17) is 23.2 Å². The normalized spacial score (nSPS) is 13.5. The van der Waals surface area contributed by atoms with E-state index in [1.54, 1.807) is 0 Å². The molecule has 1 aromatic carbocycles. The summed E-state index contributed by atoms with van der Waals surface area (Å²) >= 11 is 11.1. The molecule has 108 valence electrons. The minimum atomic E-state index is -4.04. The number of ether oxygens (including phenoxy) is 1. The molecule has 1 aromatic rings. The van der Waals surface area contributed by atoms with Crippen LogP contribution in [-0.4, -0.2) is 39.9 Å². The van der Waals surface area contributed by atoms with Gasteiger partial charge in [-0.3, -0.25) is 0 Å². The van der Waals surface area contributed by atoms with Crippen molar-refractivity contribution in [1.29, 1.82) is 0 Å². The van der Waals surface area contributed by atoms with Gasteiger partial charge in [0.25, 0.3) is 0 Å². The fraction of sp³-hybridized carbons (Fsp3) is 0.400. The molecule has 1 rings (SSSR count). The molecular weight excluding hydrogens is 320 g/mol. The summed E-state index contributed by atoms with van der Waals surface area (Å²) in [4.78, 5) is -0.444. The Morgan fingerprint density at radius 3 is 2.68 bits per heavy atom. The van der Waals surface area contributed by atoms with Gasteiger partial charge in [0.2, 0.25) is 10.0 Å². The highest BCUT2D eigenvalue weighted by Crippen LogP contribution is 2.29. The number of aliphatic hydroxyl groups is 1. The molecule has 0 saturated heterocycles. The van der Waals surface area contributed by atoms with E-state index in [2.05, 4.69) is 9.46 Å². The van der Waals surface area contributed by atoms with E-state index < -0.39 is 31.9 Å². The lowest BCUT2D eigenvalue weighted by atomic mass is 10.3. The highest BCUT2D eigenvalue weighted by molar-refractivity contribution is 7.89. The Bertz CT molecular complexity index is 553. The lowest BCUT2D eigenvalue weighted by Crippen LogP contribution is -2.34. The van der Waals surface area contributed by atoms with Gasteiger partial charge in [0.1, 0.15) is 4.90 Å². The topological polar surface area (TPSA) is 75.6 Å². The second-order valence-electron chi connectivity index (χ2n) is 3.63. The summed E-state index contributed by atoms with van der Waals surface area (Å²) in [6.07, 6.45) is -1.02. The van der Waals surface area contributed by atoms with Gasteiger partial charge in [-0.1, -0.05) is 23.2 Å². The van der Waals surface area contributed by atoms with Crippen molar-refractivity contribution in [3.63, 3.8) is 0 Å². The van der Waals surface area contributed by atoms with Crippen LogP contribution in [0.1, 0.15) is 0 Å². The standard InChI is InChI=1S/C10H12Cl2FNO4S/c1-18-5-6(15)4-14-19(16,17)8-3-2-7(11)10(13)9(8)12/h2-3,6,14-15H,4-5H2,1H3. The first-order valence-corrected chi connectivity index (χ1v) is 7.33. The summed E-state index contributed by atoms with van der Waals surface area (Å²) in [6, 6.07) is 2.17. The molecule has 9 heteroatoms. The van der Waals surface area contributed by atoms with E-state index in [0.29, 0.717) is 0 Å². The van der Waals surface area contributed by atoms with Gasteiger partial charge < -0.3 is 9.84 Å². The molecule has 0 heterocycles. The molecule has 0 aromatic heterocycles. The first-order chi connectivity index (χ1) is 8.79. The number of halogens is 3. The quantitative estimate of drug-likeness (QED) is 0.773. The predicted octanol–water partition coefficient (Wildman–Crippen LogP) is 1.42. The minimum absolute atomic E-state index is 0.0365. The molecule has 19 heavy (non-hydrogen) atoms. The third-order valence-corrected chi connectivity index (χ3v) is 4.40. The van der Waals surface area contributed by atoms with Crippen molar-refractivity contribution in [1.82, 2.24) is 4.72 Å². The van der Waals surface area contributed by atoms with Gasteiger partial charge in [0, 0.05) is 13.7 Å². The lowest BCUT2D eigenvalue weighted by Gasteiger charge is -2.12. The summed E-state index contributed by atoms with van der Waals surface area (Å²) in [5, 5.41) is 8.48. The SMILES string of the molecule is COCC(O)CNS(=O)(=O)c1ccc(Cl)c(F)c1Cl.